The zero-order valence-electron chi connectivity index (χ0n) is 27.0. The van der Waals surface area contributed by atoms with Crippen molar-refractivity contribution in [3.63, 3.8) is 0 Å². The minimum absolute atomic E-state index is 0.0134. The number of sulfonamides is 1. The van der Waals surface area contributed by atoms with E-state index < -0.39 is 28.5 Å². The molecule has 0 heterocycles. The van der Waals surface area contributed by atoms with Crippen molar-refractivity contribution in [3.8, 4) is 11.5 Å². The van der Waals surface area contributed by atoms with Crippen LogP contribution in [0, 0.1) is 0 Å². The average molecular weight is 690 g/mol. The molecule has 0 spiro atoms. The maximum absolute atomic E-state index is 14.7. The van der Waals surface area contributed by atoms with Gasteiger partial charge in [0.25, 0.3) is 10.0 Å². The first-order chi connectivity index (χ1) is 23.2. The van der Waals surface area contributed by atoms with Gasteiger partial charge in [-0.2, -0.15) is 0 Å². The summed E-state index contributed by atoms with van der Waals surface area (Å²) in [5.74, 6) is -0.106. The third-order valence-electron chi connectivity index (χ3n) is 8.49. The van der Waals surface area contributed by atoms with Gasteiger partial charge in [0.2, 0.25) is 11.8 Å². The topological polar surface area (TPSA) is 105 Å². The summed E-state index contributed by atoms with van der Waals surface area (Å²) in [7, 11) is -1.38. The Morgan fingerprint density at radius 3 is 2.19 bits per heavy atom. The van der Waals surface area contributed by atoms with Gasteiger partial charge in [-0.15, -0.1) is 0 Å². The number of para-hydroxylation sites is 2. The summed E-state index contributed by atoms with van der Waals surface area (Å²) in [4.78, 5) is 30.3. The van der Waals surface area contributed by atoms with Crippen LogP contribution in [0.15, 0.2) is 108 Å². The minimum Gasteiger partial charge on any atom is -0.497 e. The van der Waals surface area contributed by atoms with E-state index >= 15 is 0 Å². The summed E-state index contributed by atoms with van der Waals surface area (Å²) < 4.78 is 40.5. The van der Waals surface area contributed by atoms with E-state index in [1.165, 1.54) is 31.3 Å². The van der Waals surface area contributed by atoms with E-state index in [1.54, 1.807) is 54.6 Å². The van der Waals surface area contributed by atoms with Crippen molar-refractivity contribution in [2.24, 2.45) is 0 Å². The highest BCUT2D eigenvalue weighted by Crippen LogP contribution is 2.33. The van der Waals surface area contributed by atoms with Crippen LogP contribution in [0.3, 0.4) is 0 Å². The Morgan fingerprint density at radius 1 is 0.854 bits per heavy atom. The lowest BCUT2D eigenvalue weighted by atomic mass is 10.0. The van der Waals surface area contributed by atoms with Crippen LogP contribution < -0.4 is 19.1 Å². The van der Waals surface area contributed by atoms with Crippen molar-refractivity contribution >= 4 is 39.1 Å². The number of anilines is 1. The van der Waals surface area contributed by atoms with E-state index in [0.717, 1.165) is 35.6 Å². The fourth-order valence-corrected chi connectivity index (χ4v) is 7.62. The van der Waals surface area contributed by atoms with Crippen molar-refractivity contribution in [2.75, 3.05) is 25.1 Å². The molecule has 4 aromatic carbocycles. The Hall–Kier alpha value is -4.54. The van der Waals surface area contributed by atoms with Gasteiger partial charge in [0, 0.05) is 24.0 Å². The molecule has 11 heteroatoms. The molecule has 9 nitrogen and oxygen atoms in total. The second kappa shape index (κ2) is 16.0. The number of methoxy groups -OCH3 is 2. The van der Waals surface area contributed by atoms with Gasteiger partial charge in [0.05, 0.1) is 24.8 Å². The summed E-state index contributed by atoms with van der Waals surface area (Å²) in [6, 6.07) is 28.2. The van der Waals surface area contributed by atoms with E-state index in [-0.39, 0.29) is 41.2 Å². The monoisotopic (exact) mass is 689 g/mol. The summed E-state index contributed by atoms with van der Waals surface area (Å²) in [5.41, 5.74) is 1.74. The van der Waals surface area contributed by atoms with E-state index in [2.05, 4.69) is 5.32 Å². The van der Waals surface area contributed by atoms with Crippen molar-refractivity contribution < 1.29 is 27.5 Å². The van der Waals surface area contributed by atoms with Gasteiger partial charge < -0.3 is 19.7 Å². The number of carbonyl (C=O) groups is 2. The van der Waals surface area contributed by atoms with Crippen LogP contribution in [0.1, 0.15) is 36.8 Å². The molecule has 0 radical (unpaired) electrons. The molecule has 0 aromatic heterocycles. The number of hydrogen-bond acceptors (Lipinski definition) is 6. The quantitative estimate of drug-likeness (QED) is 0.168. The molecule has 1 fully saturated rings. The number of amides is 2. The first-order valence-electron chi connectivity index (χ1n) is 15.9. The third kappa shape index (κ3) is 8.48. The van der Waals surface area contributed by atoms with E-state index in [4.69, 9.17) is 21.1 Å². The highest BCUT2D eigenvalue weighted by Gasteiger charge is 2.36. The molecule has 4 aromatic rings. The predicted octanol–water partition coefficient (Wildman–Crippen LogP) is 6.25. The third-order valence-corrected chi connectivity index (χ3v) is 10.5. The standard InChI is InChI=1S/C37H40ClN3O6S/c1-46-31-19-21-32(22-20-31)48(44,45)41(33-17-8-9-18-35(33)47-2)26-36(42)40(25-28-13-10-14-29(38)23-28)34(24-27-11-4-3-5-12-27)37(43)39-30-15-6-7-16-30/h3-5,8-14,17-23,30,34H,6-7,15-16,24-26H2,1-2H3,(H,39,43). The zero-order chi connectivity index (χ0) is 34.1. The first kappa shape index (κ1) is 34.8. The molecule has 0 saturated heterocycles. The molecule has 1 aliphatic rings. The smallest absolute Gasteiger partial charge is 0.264 e. The van der Waals surface area contributed by atoms with Crippen molar-refractivity contribution in [3.05, 3.63) is 119 Å². The molecule has 0 aliphatic heterocycles. The first-order valence-corrected chi connectivity index (χ1v) is 17.7. The number of nitrogens with one attached hydrogen (secondary N) is 1. The maximum atomic E-state index is 14.7. The van der Waals surface area contributed by atoms with Crippen LogP contribution in [-0.4, -0.2) is 58.0 Å². The molecule has 1 unspecified atom stereocenters. The largest absolute Gasteiger partial charge is 0.497 e. The molecule has 0 bridgehead atoms. The fourth-order valence-electron chi connectivity index (χ4n) is 5.98. The number of benzene rings is 4. The van der Waals surface area contributed by atoms with Gasteiger partial charge in [-0.1, -0.05) is 79.0 Å². The van der Waals surface area contributed by atoms with Crippen LogP contribution in [0.5, 0.6) is 11.5 Å². The zero-order valence-corrected chi connectivity index (χ0v) is 28.6. The van der Waals surface area contributed by atoms with Crippen LogP contribution in [0.25, 0.3) is 0 Å². The predicted molar refractivity (Wildman–Crippen MR) is 187 cm³/mol. The number of halogens is 1. The van der Waals surface area contributed by atoms with Crippen molar-refractivity contribution in [2.45, 2.75) is 55.6 Å². The number of ether oxygens (including phenoxy) is 2. The van der Waals surface area contributed by atoms with Crippen LogP contribution >= 0.6 is 11.6 Å². The van der Waals surface area contributed by atoms with Gasteiger partial charge in [0.15, 0.2) is 0 Å². The van der Waals surface area contributed by atoms with Gasteiger partial charge >= 0.3 is 0 Å². The second-order valence-electron chi connectivity index (χ2n) is 11.7. The fraction of sp³-hybridized carbons (Fsp3) is 0.297. The average Bonchev–Trinajstić information content (AvgIpc) is 3.62. The number of nitrogens with zero attached hydrogens (tertiary/aromatic N) is 2. The Labute approximate surface area is 287 Å². The Morgan fingerprint density at radius 2 is 1.52 bits per heavy atom. The van der Waals surface area contributed by atoms with Crippen molar-refractivity contribution in [1.29, 1.82) is 0 Å². The number of rotatable bonds is 14. The molecule has 1 saturated carbocycles. The lowest BCUT2D eigenvalue weighted by Crippen LogP contribution is -2.54. The van der Waals surface area contributed by atoms with E-state index in [9.17, 15) is 18.0 Å². The SMILES string of the molecule is COc1ccc(S(=O)(=O)N(CC(=O)N(Cc2cccc(Cl)c2)C(Cc2ccccc2)C(=O)NC2CCCC2)c2ccccc2OC)cc1. The Balaban J connectivity index is 1.59. The van der Waals surface area contributed by atoms with Gasteiger partial charge in [-0.05, 0) is 72.5 Å². The maximum Gasteiger partial charge on any atom is 0.264 e. The molecule has 1 atom stereocenters. The molecule has 5 rings (SSSR count). The molecule has 252 valence electrons. The Bertz CT molecular complexity index is 1800. The van der Waals surface area contributed by atoms with Gasteiger partial charge in [0.1, 0.15) is 24.1 Å². The molecule has 1 aliphatic carbocycles. The highest BCUT2D eigenvalue weighted by molar-refractivity contribution is 7.92. The molecule has 2 amide bonds. The molecule has 1 N–H and O–H groups in total. The minimum atomic E-state index is -4.31. The van der Waals surface area contributed by atoms with E-state index in [1.807, 2.05) is 36.4 Å². The molecule has 48 heavy (non-hydrogen) atoms. The van der Waals surface area contributed by atoms with E-state index in [0.29, 0.717) is 16.3 Å². The molecular weight excluding hydrogens is 650 g/mol. The van der Waals surface area contributed by atoms with Gasteiger partial charge in [-0.3, -0.25) is 13.9 Å². The lowest BCUT2D eigenvalue weighted by Gasteiger charge is -2.34. The van der Waals surface area contributed by atoms with Gasteiger partial charge in [-0.25, -0.2) is 8.42 Å². The highest BCUT2D eigenvalue weighted by atomic mass is 35.5. The summed E-state index contributed by atoms with van der Waals surface area (Å²) in [6.07, 6.45) is 4.01. The van der Waals surface area contributed by atoms with Crippen LogP contribution in [0.2, 0.25) is 5.02 Å². The number of carbonyl (C=O) groups excluding carboxylic acids is 2. The summed E-state index contributed by atoms with van der Waals surface area (Å²) in [5, 5.41) is 3.66. The van der Waals surface area contributed by atoms with Crippen molar-refractivity contribution in [1.82, 2.24) is 10.2 Å². The normalized spacial score (nSPS) is 13.8. The number of hydrogen-bond donors (Lipinski definition) is 1. The van der Waals surface area contributed by atoms with Crippen LogP contribution in [-0.2, 0) is 32.6 Å². The lowest BCUT2D eigenvalue weighted by molar-refractivity contribution is -0.140. The Kier molecular flexibility index (Phi) is 11.6. The molecular formula is C37H40ClN3O6S. The second-order valence-corrected chi connectivity index (χ2v) is 14.0. The van der Waals surface area contributed by atoms with Crippen LogP contribution in [0.4, 0.5) is 5.69 Å². The summed E-state index contributed by atoms with van der Waals surface area (Å²) in [6.45, 7) is -0.575. The summed E-state index contributed by atoms with van der Waals surface area (Å²) >= 11 is 6.35.